The lowest BCUT2D eigenvalue weighted by molar-refractivity contribution is 0.0633. The Morgan fingerprint density at radius 1 is 1.00 bits per heavy atom. The van der Waals surface area contributed by atoms with Crippen molar-refractivity contribution < 1.29 is 0 Å². The molecule has 0 aromatic carbocycles. The average molecular weight is 280 g/mol. The van der Waals surface area contributed by atoms with Crippen molar-refractivity contribution in [3.05, 3.63) is 0 Å². The first-order chi connectivity index (χ1) is 9.61. The fraction of sp³-hybridized carbons (Fsp3) is 1.00. The topological polar surface area (TPSA) is 29.3 Å². The van der Waals surface area contributed by atoms with E-state index < -0.39 is 0 Å². The third kappa shape index (κ3) is 4.21. The Balaban J connectivity index is 2.02. The largest absolute Gasteiger partial charge is 0.329 e. The second kappa shape index (κ2) is 7.79. The van der Waals surface area contributed by atoms with Gasteiger partial charge in [0.25, 0.3) is 0 Å². The van der Waals surface area contributed by atoms with Crippen LogP contribution in [0.2, 0.25) is 0 Å². The Morgan fingerprint density at radius 3 is 2.10 bits per heavy atom. The Bertz CT molecular complexity index is 263. The maximum Gasteiger partial charge on any atom is 0.0249 e. The summed E-state index contributed by atoms with van der Waals surface area (Å²) in [5.74, 6) is 2.55. The van der Waals surface area contributed by atoms with Crippen LogP contribution < -0.4 is 5.73 Å². The number of hydrogen-bond acceptors (Lipinski definition) is 2. The van der Waals surface area contributed by atoms with Crippen LogP contribution in [0.25, 0.3) is 0 Å². The van der Waals surface area contributed by atoms with Gasteiger partial charge in [0.05, 0.1) is 0 Å². The van der Waals surface area contributed by atoms with Gasteiger partial charge in [-0.25, -0.2) is 0 Å². The van der Waals surface area contributed by atoms with Crippen molar-refractivity contribution in [1.82, 2.24) is 4.90 Å². The van der Waals surface area contributed by atoms with E-state index in [2.05, 4.69) is 25.7 Å². The zero-order valence-corrected chi connectivity index (χ0v) is 14.0. The van der Waals surface area contributed by atoms with Crippen molar-refractivity contribution in [3.63, 3.8) is 0 Å². The molecule has 0 radical (unpaired) electrons. The van der Waals surface area contributed by atoms with Crippen molar-refractivity contribution in [3.8, 4) is 0 Å². The highest BCUT2D eigenvalue weighted by atomic mass is 15.2. The molecule has 0 aromatic heterocycles. The normalized spacial score (nSPS) is 30.3. The van der Waals surface area contributed by atoms with Crippen LogP contribution in [-0.2, 0) is 0 Å². The number of rotatable bonds is 6. The van der Waals surface area contributed by atoms with Gasteiger partial charge < -0.3 is 5.73 Å². The number of nitrogens with zero attached hydrogens (tertiary/aromatic N) is 1. The van der Waals surface area contributed by atoms with Gasteiger partial charge in [0.1, 0.15) is 0 Å². The van der Waals surface area contributed by atoms with Gasteiger partial charge >= 0.3 is 0 Å². The molecule has 0 aromatic rings. The Labute approximate surface area is 126 Å². The molecule has 0 heterocycles. The van der Waals surface area contributed by atoms with E-state index >= 15 is 0 Å². The molecule has 2 nitrogen and oxygen atoms in total. The zero-order chi connectivity index (χ0) is 14.5. The summed E-state index contributed by atoms with van der Waals surface area (Å²) >= 11 is 0. The van der Waals surface area contributed by atoms with Gasteiger partial charge in [-0.05, 0) is 43.4 Å². The summed E-state index contributed by atoms with van der Waals surface area (Å²) in [6.45, 7) is 9.24. The van der Waals surface area contributed by atoms with Crippen LogP contribution in [0.4, 0.5) is 0 Å². The first-order valence-corrected chi connectivity index (χ1v) is 9.07. The molecule has 1 atom stereocenters. The van der Waals surface area contributed by atoms with E-state index in [4.69, 9.17) is 5.73 Å². The van der Waals surface area contributed by atoms with Crippen molar-refractivity contribution in [2.75, 3.05) is 13.1 Å². The van der Waals surface area contributed by atoms with Gasteiger partial charge in [-0.3, -0.25) is 4.90 Å². The molecule has 2 aliphatic carbocycles. The summed E-state index contributed by atoms with van der Waals surface area (Å²) in [5.41, 5.74) is 6.24. The van der Waals surface area contributed by atoms with E-state index in [0.29, 0.717) is 6.04 Å². The van der Waals surface area contributed by atoms with Gasteiger partial charge in [0, 0.05) is 25.2 Å². The summed E-state index contributed by atoms with van der Waals surface area (Å²) in [6, 6.07) is 1.47. The third-order valence-electron chi connectivity index (χ3n) is 5.64. The molecule has 2 aliphatic rings. The fourth-order valence-electron chi connectivity index (χ4n) is 4.48. The van der Waals surface area contributed by atoms with Crippen LogP contribution in [-0.4, -0.2) is 30.1 Å². The average Bonchev–Trinajstić information content (AvgIpc) is 2.94. The Kier molecular flexibility index (Phi) is 6.35. The molecule has 0 aliphatic heterocycles. The van der Waals surface area contributed by atoms with Crippen LogP contribution in [0.5, 0.6) is 0 Å². The van der Waals surface area contributed by atoms with Crippen LogP contribution in [0, 0.1) is 17.8 Å². The van der Waals surface area contributed by atoms with Crippen LogP contribution in [0.3, 0.4) is 0 Å². The summed E-state index contributed by atoms with van der Waals surface area (Å²) in [6.07, 6.45) is 11.3. The first-order valence-electron chi connectivity index (χ1n) is 9.07. The highest BCUT2D eigenvalue weighted by Crippen LogP contribution is 2.35. The van der Waals surface area contributed by atoms with Crippen LogP contribution in [0.15, 0.2) is 0 Å². The summed E-state index contributed by atoms with van der Waals surface area (Å²) < 4.78 is 0. The molecule has 0 amide bonds. The molecule has 0 saturated heterocycles. The van der Waals surface area contributed by atoms with E-state index in [1.807, 2.05) is 0 Å². The number of hydrogen-bond donors (Lipinski definition) is 1. The molecule has 20 heavy (non-hydrogen) atoms. The van der Waals surface area contributed by atoms with Gasteiger partial charge in [0.2, 0.25) is 0 Å². The van der Waals surface area contributed by atoms with Crippen molar-refractivity contribution in [2.24, 2.45) is 23.5 Å². The highest BCUT2D eigenvalue weighted by Gasteiger charge is 2.34. The Morgan fingerprint density at radius 2 is 1.60 bits per heavy atom. The van der Waals surface area contributed by atoms with Crippen molar-refractivity contribution in [1.29, 1.82) is 0 Å². The van der Waals surface area contributed by atoms with Crippen molar-refractivity contribution in [2.45, 2.75) is 84.2 Å². The summed E-state index contributed by atoms with van der Waals surface area (Å²) in [7, 11) is 0. The van der Waals surface area contributed by atoms with Crippen molar-refractivity contribution >= 4 is 0 Å². The number of nitrogens with two attached hydrogens (primary N) is 1. The van der Waals surface area contributed by atoms with Gasteiger partial charge in [0.15, 0.2) is 0 Å². The Hall–Kier alpha value is -0.0800. The maximum atomic E-state index is 6.24. The molecule has 2 N–H and O–H groups in total. The molecule has 2 saturated carbocycles. The van der Waals surface area contributed by atoms with E-state index in [-0.39, 0.29) is 0 Å². The molecule has 2 fully saturated rings. The SMILES string of the molecule is CC(C)CN(C1CCCC1)C(CN)C1CCC(C)CC1. The second-order valence-corrected chi connectivity index (χ2v) is 7.85. The quantitative estimate of drug-likeness (QED) is 0.795. The standard InChI is InChI=1S/C18H36N2/c1-14(2)13-20(17-6-4-5-7-17)18(12-19)16-10-8-15(3)9-11-16/h14-18H,4-13,19H2,1-3H3. The molecular weight excluding hydrogens is 244 g/mol. The van der Waals surface area contributed by atoms with E-state index in [0.717, 1.165) is 30.3 Å². The first kappa shape index (κ1) is 16.3. The summed E-state index contributed by atoms with van der Waals surface area (Å²) in [5, 5.41) is 0. The molecular formula is C18H36N2. The lowest BCUT2D eigenvalue weighted by Crippen LogP contribution is -2.51. The van der Waals surface area contributed by atoms with Gasteiger partial charge in [-0.1, -0.05) is 46.5 Å². The van der Waals surface area contributed by atoms with Gasteiger partial charge in [-0.15, -0.1) is 0 Å². The second-order valence-electron chi connectivity index (χ2n) is 7.85. The molecule has 0 spiro atoms. The predicted molar refractivity (Wildman–Crippen MR) is 87.8 cm³/mol. The molecule has 2 heteroatoms. The summed E-state index contributed by atoms with van der Waals surface area (Å²) in [4.78, 5) is 2.83. The molecule has 0 bridgehead atoms. The minimum Gasteiger partial charge on any atom is -0.329 e. The maximum absolute atomic E-state index is 6.24. The third-order valence-corrected chi connectivity index (χ3v) is 5.64. The zero-order valence-electron chi connectivity index (χ0n) is 14.0. The fourth-order valence-corrected chi connectivity index (χ4v) is 4.48. The molecule has 118 valence electrons. The monoisotopic (exact) mass is 280 g/mol. The minimum absolute atomic E-state index is 0.646. The van der Waals surface area contributed by atoms with Crippen LogP contribution >= 0.6 is 0 Å². The van der Waals surface area contributed by atoms with E-state index in [1.165, 1.54) is 57.9 Å². The minimum atomic E-state index is 0.646. The lowest BCUT2D eigenvalue weighted by atomic mass is 9.78. The van der Waals surface area contributed by atoms with E-state index in [9.17, 15) is 0 Å². The molecule has 1 unspecified atom stereocenters. The van der Waals surface area contributed by atoms with Gasteiger partial charge in [-0.2, -0.15) is 0 Å². The van der Waals surface area contributed by atoms with Crippen LogP contribution in [0.1, 0.15) is 72.1 Å². The smallest absolute Gasteiger partial charge is 0.0249 e. The highest BCUT2D eigenvalue weighted by molar-refractivity contribution is 4.89. The van der Waals surface area contributed by atoms with E-state index in [1.54, 1.807) is 0 Å². The molecule has 2 rings (SSSR count). The lowest BCUT2D eigenvalue weighted by Gasteiger charge is -2.43. The predicted octanol–water partition coefficient (Wildman–Crippen LogP) is 4.04.